The molecule has 21 aliphatic heterocycles. The molecule has 81 heavy (non-hydrogen) atoms. The molecular formula is C46H78O34Te. The third kappa shape index (κ3) is 13.8. The molecule has 0 saturated carbocycles. The van der Waals surface area contributed by atoms with Crippen LogP contribution in [0.5, 0.6) is 0 Å². The van der Waals surface area contributed by atoms with Crippen LogP contribution in [0, 0.1) is 0 Å². The fraction of sp³-hybridized carbons (Fsp3) is 1.00. The molecule has 21 fully saturated rings. The Bertz CT molecular complexity index is 1890. The van der Waals surface area contributed by atoms with Crippen LogP contribution in [0.4, 0.5) is 0 Å². The maximum atomic E-state index is 11.7. The van der Waals surface area contributed by atoms with Crippen molar-refractivity contribution in [1.82, 2.24) is 0 Å². The summed E-state index contributed by atoms with van der Waals surface area (Å²) in [5.41, 5.74) is 0. The van der Waals surface area contributed by atoms with Crippen LogP contribution in [0.25, 0.3) is 0 Å². The van der Waals surface area contributed by atoms with Crippen molar-refractivity contribution in [2.45, 2.75) is 244 Å². The fourth-order valence-electron chi connectivity index (χ4n) is 10.8. The Morgan fingerprint density at radius 3 is 0.593 bits per heavy atom. The van der Waals surface area contributed by atoms with Gasteiger partial charge in [0.15, 0.2) is 18.9 Å². The van der Waals surface area contributed by atoms with Gasteiger partial charge in [-0.1, -0.05) is 0 Å². The summed E-state index contributed by atoms with van der Waals surface area (Å²) in [7, 11) is 0. The molecule has 21 aliphatic rings. The SMILES string of the molecule is CCCC[Te]C[C@H]1O[C@@H]2O[C@H]3[C@H](O)[C@@H](O)[C@@H](O[C@H]4[C@H](O)[C@@H](O)[C@@H](O[C@H]5[C@H](O)[C@@H](O)[C@@H](O[C@H]6[C@H](O)[C@@H](O)[C@@H](O[C@H]7[C@H](O)[C@@H](O)[C@@H](O[C@H]8[C@H](O)[C@@H](O)[C@@H](O[C@H]1[C@H](O)[C@H]2O)O[C@@H]8CO)O[C@@H]7CO)O[C@@H]6CO)O[C@@H]5CO)O[C@@H]4CO)O[C@@H]3CO. The summed E-state index contributed by atoms with van der Waals surface area (Å²) in [4.78, 5) is 0. The Kier molecular flexibility index (Phi) is 23.9. The topological polar surface area (TPSA) is 534 Å². The van der Waals surface area contributed by atoms with Gasteiger partial charge in [0, 0.05) is 0 Å². The van der Waals surface area contributed by atoms with Crippen LogP contribution >= 0.6 is 0 Å². The van der Waals surface area contributed by atoms with Gasteiger partial charge in [-0.15, -0.1) is 0 Å². The second kappa shape index (κ2) is 29.2. The quantitative estimate of drug-likeness (QED) is 0.0675. The average molecular weight is 1300 g/mol. The van der Waals surface area contributed by atoms with Crippen molar-refractivity contribution in [2.24, 2.45) is 0 Å². The van der Waals surface area contributed by atoms with Gasteiger partial charge in [-0.3, -0.25) is 0 Å². The maximum absolute atomic E-state index is 11.7. The number of ether oxygens (including phenoxy) is 14. The van der Waals surface area contributed by atoms with Crippen molar-refractivity contribution < 1.29 is 168 Å². The van der Waals surface area contributed by atoms with Gasteiger partial charge >= 0.3 is 282 Å². The average Bonchev–Trinajstić information content (AvgIpc) is 3.47. The fourth-order valence-corrected chi connectivity index (χ4v) is 14.2. The standard InChI is InChI=1S/C46H78O34Te/c1-2-3-4-81-11-18-39-25(59)32(66)46(73-18)79-38-17(10-52)71-44(30(64)23(38)57)77-36-15(8-50)69-42(28(62)21(36)55)75-34-13(6-48)67-40(26(60)19(34)53)74-33-12(5-47)68-41(27(61)20(33)54)76-35-14(7-49)70-43(29(63)22(35)56)78-37-16(9-51)72-45(80-39)31(65)24(37)58/h12-66H,2-11H2,1H3/t12-,13-,14-,15-,16-,17-,18-,19-,20-,21-,22-,23-,24-,25-,26-,27-,28-,29-,30-,31-,32-,33-,34-,35-,36-,37-,38-,39-,40-,41-,42-,43-,44-,45-,46-/m1/s1. The molecule has 34 nitrogen and oxygen atoms in total. The zero-order valence-corrected chi connectivity index (χ0v) is 45.7. The van der Waals surface area contributed by atoms with Gasteiger partial charge in [-0.2, -0.15) is 0 Å². The van der Waals surface area contributed by atoms with E-state index in [0.29, 0.717) is 0 Å². The second-order valence-electron chi connectivity index (χ2n) is 20.9. The molecular weight excluding hydrogens is 1220 g/mol. The second-order valence-corrected chi connectivity index (χ2v) is 24.2. The van der Waals surface area contributed by atoms with E-state index in [4.69, 9.17) is 66.3 Å². The molecule has 14 bridgehead atoms. The minimum absolute atomic E-state index is 0.194. The summed E-state index contributed by atoms with van der Waals surface area (Å²) in [6.07, 6.45) is -66.2. The van der Waals surface area contributed by atoms with E-state index in [1.807, 2.05) is 6.92 Å². The first kappa shape index (κ1) is 66.4. The molecule has 0 aliphatic carbocycles. The number of aliphatic hydroxyl groups excluding tert-OH is 20. The van der Waals surface area contributed by atoms with Gasteiger partial charge < -0.3 is 84.6 Å². The third-order valence-electron chi connectivity index (χ3n) is 15.5. The van der Waals surface area contributed by atoms with Crippen molar-refractivity contribution in [3.63, 3.8) is 0 Å². The molecule has 0 unspecified atom stereocenters. The molecule has 20 N–H and O–H groups in total. The predicted octanol–water partition coefficient (Wildman–Crippen LogP) is -12.9. The van der Waals surface area contributed by atoms with E-state index >= 15 is 0 Å². The molecule has 21 saturated heterocycles. The molecule has 0 aromatic heterocycles. The minimum atomic E-state index is -2.20. The zero-order chi connectivity index (χ0) is 58.9. The zero-order valence-electron chi connectivity index (χ0n) is 43.3. The first-order valence-electron chi connectivity index (χ1n) is 26.6. The summed E-state index contributed by atoms with van der Waals surface area (Å²) in [6.45, 7) is -4.12. The molecule has 21 rings (SSSR count). The van der Waals surface area contributed by atoms with Crippen molar-refractivity contribution in [3.05, 3.63) is 0 Å². The van der Waals surface area contributed by atoms with Crippen LogP contribution in [0.1, 0.15) is 19.8 Å². The Labute approximate surface area is 471 Å². The van der Waals surface area contributed by atoms with E-state index in [1.165, 1.54) is 0 Å². The van der Waals surface area contributed by atoms with Gasteiger partial charge in [-0.05, 0) is 0 Å². The van der Waals surface area contributed by atoms with Gasteiger partial charge in [0.25, 0.3) is 0 Å². The van der Waals surface area contributed by atoms with Crippen LogP contribution in [0.3, 0.4) is 0 Å². The predicted molar refractivity (Wildman–Crippen MR) is 252 cm³/mol. The molecule has 35 heteroatoms. The summed E-state index contributed by atoms with van der Waals surface area (Å²) in [5.74, 6) is 0. The molecule has 0 aromatic carbocycles. The van der Waals surface area contributed by atoms with Crippen LogP contribution in [-0.4, -0.2) is 378 Å². The number of hydrogen-bond donors (Lipinski definition) is 20. The third-order valence-corrected chi connectivity index (χ3v) is 18.8. The van der Waals surface area contributed by atoms with E-state index in [9.17, 15) is 102 Å². The van der Waals surface area contributed by atoms with Crippen LogP contribution in [0.2, 0.25) is 8.94 Å². The molecule has 0 amide bonds. The monoisotopic (exact) mass is 1300 g/mol. The molecule has 0 radical (unpaired) electrons. The summed E-state index contributed by atoms with van der Waals surface area (Å²) in [6, 6.07) is 0. The molecule has 21 heterocycles. The Hall–Kier alpha value is -0.570. The normalized spacial score (nSPS) is 53.2. The van der Waals surface area contributed by atoms with Crippen LogP contribution in [-0.2, 0) is 66.3 Å². The van der Waals surface area contributed by atoms with E-state index in [2.05, 4.69) is 0 Å². The Morgan fingerprint density at radius 2 is 0.420 bits per heavy atom. The Morgan fingerprint density at radius 1 is 0.247 bits per heavy atom. The number of aliphatic hydroxyl groups is 20. The summed E-state index contributed by atoms with van der Waals surface area (Å²) in [5, 5.41) is 223. The summed E-state index contributed by atoms with van der Waals surface area (Å²) < 4.78 is 82.3. The molecule has 0 spiro atoms. The first-order chi connectivity index (χ1) is 38.7. The van der Waals surface area contributed by atoms with Crippen molar-refractivity contribution in [2.75, 3.05) is 39.6 Å². The van der Waals surface area contributed by atoms with Crippen LogP contribution < -0.4 is 0 Å². The van der Waals surface area contributed by atoms with Gasteiger partial charge in [0.2, 0.25) is 0 Å². The van der Waals surface area contributed by atoms with E-state index in [1.54, 1.807) is 0 Å². The first-order valence-corrected chi connectivity index (χ1v) is 29.9. The van der Waals surface area contributed by atoms with Crippen molar-refractivity contribution >= 4 is 20.9 Å². The number of unbranched alkanes of at least 4 members (excludes halogenated alkanes) is 1. The Balaban J connectivity index is 1.09. The van der Waals surface area contributed by atoms with Crippen LogP contribution in [0.15, 0.2) is 0 Å². The van der Waals surface area contributed by atoms with E-state index < -0.39 is 276 Å². The summed E-state index contributed by atoms with van der Waals surface area (Å²) >= 11 is -0.976. The molecule has 0 aromatic rings. The van der Waals surface area contributed by atoms with Gasteiger partial charge in [0.05, 0.1) is 26.4 Å². The number of rotatable bonds is 11. The molecule has 472 valence electrons. The van der Waals surface area contributed by atoms with E-state index in [0.717, 1.165) is 17.3 Å². The number of hydrogen-bond acceptors (Lipinski definition) is 34. The van der Waals surface area contributed by atoms with E-state index in [-0.39, 0.29) is 4.47 Å². The van der Waals surface area contributed by atoms with Crippen molar-refractivity contribution in [3.8, 4) is 0 Å². The van der Waals surface area contributed by atoms with Gasteiger partial charge in [0.1, 0.15) is 61.0 Å². The molecule has 35 atom stereocenters. The van der Waals surface area contributed by atoms with Crippen molar-refractivity contribution in [1.29, 1.82) is 0 Å². The van der Waals surface area contributed by atoms with Gasteiger partial charge in [-0.25, -0.2) is 0 Å².